The predicted octanol–water partition coefficient (Wildman–Crippen LogP) is 1.34. The van der Waals surface area contributed by atoms with Crippen molar-refractivity contribution in [1.29, 1.82) is 0 Å². The molecule has 0 fully saturated rings. The van der Waals surface area contributed by atoms with E-state index in [1.54, 1.807) is 12.5 Å². The van der Waals surface area contributed by atoms with Crippen molar-refractivity contribution >= 4 is 5.78 Å². The molecule has 0 aromatic carbocycles. The summed E-state index contributed by atoms with van der Waals surface area (Å²) in [7, 11) is 0. The number of carbonyl (C=O) groups excluding carboxylic acids is 1. The van der Waals surface area contributed by atoms with Crippen molar-refractivity contribution in [2.45, 2.75) is 32.1 Å². The number of hydrogen-bond acceptors (Lipinski definition) is 4. The van der Waals surface area contributed by atoms with Crippen molar-refractivity contribution < 1.29 is 14.4 Å². The molecule has 1 aromatic rings. The van der Waals surface area contributed by atoms with E-state index in [4.69, 9.17) is 5.11 Å². The summed E-state index contributed by atoms with van der Waals surface area (Å²) in [6, 6.07) is 0. The first-order chi connectivity index (χ1) is 6.83. The van der Waals surface area contributed by atoms with Crippen LogP contribution in [0.4, 0.5) is 0 Å². The van der Waals surface area contributed by atoms with E-state index < -0.39 is 0 Å². The number of rotatable bonds is 7. The Morgan fingerprint density at radius 1 is 1.43 bits per heavy atom. The Morgan fingerprint density at radius 3 is 2.93 bits per heavy atom. The summed E-state index contributed by atoms with van der Waals surface area (Å²) in [6.07, 6.45) is 6.46. The lowest BCUT2D eigenvalue weighted by Gasteiger charge is -1.97. The number of unbranched alkanes of at least 4 members (excludes halogenated alkanes) is 1. The van der Waals surface area contributed by atoms with Crippen LogP contribution < -0.4 is 0 Å². The van der Waals surface area contributed by atoms with E-state index in [0.717, 1.165) is 12.0 Å². The molecule has 0 unspecified atom stereocenters. The molecule has 4 heteroatoms. The second-order valence-electron chi connectivity index (χ2n) is 3.25. The quantitative estimate of drug-likeness (QED) is 0.670. The number of hydrogen-bond donors (Lipinski definition) is 1. The minimum atomic E-state index is 0.166. The van der Waals surface area contributed by atoms with Crippen LogP contribution in [-0.2, 0) is 11.2 Å². The fraction of sp³-hybridized carbons (Fsp3) is 0.600. The fourth-order valence-corrected chi connectivity index (χ4v) is 1.19. The van der Waals surface area contributed by atoms with Gasteiger partial charge in [0.2, 0.25) is 0 Å². The SMILES string of the molecule is O=C(CCCCO)CCc1cnoc1. The number of carbonyl (C=O) groups is 1. The monoisotopic (exact) mass is 197 g/mol. The Morgan fingerprint density at radius 2 is 2.29 bits per heavy atom. The zero-order valence-electron chi connectivity index (χ0n) is 8.11. The molecule has 0 radical (unpaired) electrons. The molecule has 78 valence electrons. The summed E-state index contributed by atoms with van der Waals surface area (Å²) < 4.78 is 4.65. The van der Waals surface area contributed by atoms with Gasteiger partial charge in [0.05, 0.1) is 6.20 Å². The summed E-state index contributed by atoms with van der Waals surface area (Å²) in [5.74, 6) is 0.236. The molecule has 0 aliphatic rings. The first-order valence-electron chi connectivity index (χ1n) is 4.83. The third-order valence-electron chi connectivity index (χ3n) is 2.04. The van der Waals surface area contributed by atoms with Crippen LogP contribution in [0.3, 0.4) is 0 Å². The first kappa shape index (κ1) is 10.9. The van der Waals surface area contributed by atoms with Crippen molar-refractivity contribution in [3.63, 3.8) is 0 Å². The van der Waals surface area contributed by atoms with Crippen LogP contribution >= 0.6 is 0 Å². The summed E-state index contributed by atoms with van der Waals surface area (Å²) in [6.45, 7) is 0.166. The summed E-state index contributed by atoms with van der Waals surface area (Å²) in [4.78, 5) is 11.3. The standard InChI is InChI=1S/C10H15NO3/c12-6-2-1-3-10(13)5-4-9-7-11-14-8-9/h7-8,12H,1-6H2. The van der Waals surface area contributed by atoms with Gasteiger partial charge in [-0.1, -0.05) is 5.16 Å². The molecule has 1 heterocycles. The molecule has 0 spiro atoms. The second-order valence-corrected chi connectivity index (χ2v) is 3.25. The third-order valence-corrected chi connectivity index (χ3v) is 2.04. The van der Waals surface area contributed by atoms with Gasteiger partial charge in [-0.3, -0.25) is 4.79 Å². The Labute approximate surface area is 82.9 Å². The Hall–Kier alpha value is -1.16. The molecule has 4 nitrogen and oxygen atoms in total. The van der Waals surface area contributed by atoms with Crippen molar-refractivity contribution in [2.75, 3.05) is 6.61 Å². The number of aliphatic hydroxyl groups is 1. The lowest BCUT2D eigenvalue weighted by molar-refractivity contribution is -0.119. The molecule has 1 N–H and O–H groups in total. The number of nitrogens with zero attached hydrogens (tertiary/aromatic N) is 1. The lowest BCUT2D eigenvalue weighted by atomic mass is 10.1. The van der Waals surface area contributed by atoms with E-state index in [2.05, 4.69) is 9.68 Å². The Kier molecular flexibility index (Phi) is 4.93. The van der Waals surface area contributed by atoms with Gasteiger partial charge >= 0.3 is 0 Å². The minimum absolute atomic E-state index is 0.166. The average Bonchev–Trinajstić information content (AvgIpc) is 2.68. The fourth-order valence-electron chi connectivity index (χ4n) is 1.19. The topological polar surface area (TPSA) is 63.3 Å². The highest BCUT2D eigenvalue weighted by molar-refractivity contribution is 5.78. The van der Waals surface area contributed by atoms with Gasteiger partial charge in [-0.15, -0.1) is 0 Å². The number of Topliss-reactive ketones (excluding diaryl/α,β-unsaturated/α-hetero) is 1. The molecular weight excluding hydrogens is 182 g/mol. The molecular formula is C10H15NO3. The van der Waals surface area contributed by atoms with Crippen LogP contribution in [0.15, 0.2) is 17.0 Å². The van der Waals surface area contributed by atoms with Crippen molar-refractivity contribution in [1.82, 2.24) is 5.16 Å². The maximum atomic E-state index is 11.3. The van der Waals surface area contributed by atoms with E-state index in [0.29, 0.717) is 25.7 Å². The van der Waals surface area contributed by atoms with Crippen LogP contribution in [0.25, 0.3) is 0 Å². The molecule has 14 heavy (non-hydrogen) atoms. The second kappa shape index (κ2) is 6.32. The number of ketones is 1. The van der Waals surface area contributed by atoms with Gasteiger partial charge in [-0.25, -0.2) is 0 Å². The highest BCUT2D eigenvalue weighted by atomic mass is 16.5. The molecule has 0 atom stereocenters. The van der Waals surface area contributed by atoms with Crippen LogP contribution in [0.2, 0.25) is 0 Å². The minimum Gasteiger partial charge on any atom is -0.396 e. The van der Waals surface area contributed by atoms with Crippen molar-refractivity contribution in [2.24, 2.45) is 0 Å². The van der Waals surface area contributed by atoms with Crippen molar-refractivity contribution in [3.8, 4) is 0 Å². The maximum Gasteiger partial charge on any atom is 0.133 e. The van der Waals surface area contributed by atoms with Gasteiger partial charge in [0.15, 0.2) is 0 Å². The van der Waals surface area contributed by atoms with E-state index in [1.165, 1.54) is 0 Å². The van der Waals surface area contributed by atoms with Gasteiger partial charge in [0.25, 0.3) is 0 Å². The average molecular weight is 197 g/mol. The largest absolute Gasteiger partial charge is 0.396 e. The third kappa shape index (κ3) is 4.18. The normalized spacial score (nSPS) is 10.4. The van der Waals surface area contributed by atoms with E-state index in [9.17, 15) is 4.79 Å². The molecule has 1 rings (SSSR count). The molecule has 0 aliphatic carbocycles. The molecule has 0 saturated heterocycles. The van der Waals surface area contributed by atoms with Gasteiger partial charge in [-0.05, 0) is 19.3 Å². The van der Waals surface area contributed by atoms with Crippen molar-refractivity contribution in [3.05, 3.63) is 18.0 Å². The summed E-state index contributed by atoms with van der Waals surface area (Å²) in [5.41, 5.74) is 0.959. The van der Waals surface area contributed by atoms with E-state index >= 15 is 0 Å². The molecule has 0 amide bonds. The summed E-state index contributed by atoms with van der Waals surface area (Å²) in [5, 5.41) is 12.1. The molecule has 0 bridgehead atoms. The lowest BCUT2D eigenvalue weighted by Crippen LogP contribution is -2.00. The zero-order chi connectivity index (χ0) is 10.2. The molecule has 0 saturated carbocycles. The van der Waals surface area contributed by atoms with E-state index in [-0.39, 0.29) is 12.4 Å². The van der Waals surface area contributed by atoms with E-state index in [1.807, 2.05) is 0 Å². The van der Waals surface area contributed by atoms with Crippen LogP contribution in [0.1, 0.15) is 31.2 Å². The number of aromatic nitrogens is 1. The predicted molar refractivity (Wildman–Crippen MR) is 50.8 cm³/mol. The zero-order valence-corrected chi connectivity index (χ0v) is 8.11. The highest BCUT2D eigenvalue weighted by Crippen LogP contribution is 2.05. The van der Waals surface area contributed by atoms with Crippen LogP contribution in [-0.4, -0.2) is 22.7 Å². The highest BCUT2D eigenvalue weighted by Gasteiger charge is 2.03. The van der Waals surface area contributed by atoms with Gasteiger partial charge < -0.3 is 9.63 Å². The van der Waals surface area contributed by atoms with Gasteiger partial charge in [0.1, 0.15) is 12.0 Å². The van der Waals surface area contributed by atoms with Crippen LogP contribution in [0, 0.1) is 0 Å². The first-order valence-corrected chi connectivity index (χ1v) is 4.83. The Bertz CT molecular complexity index is 256. The smallest absolute Gasteiger partial charge is 0.133 e. The maximum absolute atomic E-state index is 11.3. The number of aryl methyl sites for hydroxylation is 1. The molecule has 0 aliphatic heterocycles. The molecule has 1 aromatic heterocycles. The number of aliphatic hydroxyl groups excluding tert-OH is 1. The Balaban J connectivity index is 2.09. The summed E-state index contributed by atoms with van der Waals surface area (Å²) >= 11 is 0. The van der Waals surface area contributed by atoms with Gasteiger partial charge in [-0.2, -0.15) is 0 Å². The van der Waals surface area contributed by atoms with Gasteiger partial charge in [0, 0.05) is 25.0 Å². The van der Waals surface area contributed by atoms with Crippen LogP contribution in [0.5, 0.6) is 0 Å².